The normalized spacial score (nSPS) is 18.3. The first-order chi connectivity index (χ1) is 19.4. The van der Waals surface area contributed by atoms with Gasteiger partial charge < -0.3 is 25.5 Å². The fourth-order valence-electron chi connectivity index (χ4n) is 5.40. The van der Waals surface area contributed by atoms with Crippen LogP contribution in [0.15, 0.2) is 42.5 Å². The van der Waals surface area contributed by atoms with Crippen molar-refractivity contribution in [1.29, 1.82) is 0 Å². The summed E-state index contributed by atoms with van der Waals surface area (Å²) in [6.45, 7) is 3.65. The number of carboxylic acids is 1. The fraction of sp³-hybridized carbons (Fsp3) is 0.433. The third kappa shape index (κ3) is 6.34. The summed E-state index contributed by atoms with van der Waals surface area (Å²) in [6, 6.07) is 10.1. The lowest BCUT2D eigenvalue weighted by Crippen LogP contribution is -2.62. The Morgan fingerprint density at radius 1 is 1.17 bits per heavy atom. The van der Waals surface area contributed by atoms with Gasteiger partial charge in [-0.25, -0.2) is 4.79 Å². The number of hydrogen-bond acceptors (Lipinski definition) is 4. The monoisotopic (exact) mass is 573 g/mol. The number of nitrogens with one attached hydrogen (secondary N) is 3. The first-order valence-corrected chi connectivity index (χ1v) is 13.6. The van der Waals surface area contributed by atoms with Crippen LogP contribution in [0.3, 0.4) is 0 Å². The van der Waals surface area contributed by atoms with Gasteiger partial charge in [-0.2, -0.15) is 13.2 Å². The van der Waals surface area contributed by atoms with Gasteiger partial charge in [-0.05, 0) is 54.5 Å². The summed E-state index contributed by atoms with van der Waals surface area (Å²) >= 11 is 0. The molecule has 0 fully saturated rings. The standard InChI is InChI=1S/C30H34F3N3O5/c1-4-17(2)25(35-24(37)12-11-18-7-5-8-19(15-18)41-3)27(38)36-29(28(39)40)14-13-23-21(16-29)20-9-6-10-22(26(20)34-23)30(31,32)33/h5-10,15,17,25,34H,4,11-14,16H2,1-3H3,(H,35,37)(H,36,38)(H,39,40). The number of H-pyrrole nitrogens is 1. The number of hydrogen-bond donors (Lipinski definition) is 4. The minimum atomic E-state index is -4.58. The zero-order chi connectivity index (χ0) is 29.9. The molecule has 3 aromatic rings. The number of aromatic amines is 1. The molecular weight excluding hydrogens is 539 g/mol. The average molecular weight is 574 g/mol. The number of para-hydroxylation sites is 1. The largest absolute Gasteiger partial charge is 0.497 e. The Hall–Kier alpha value is -4.02. The second-order valence-electron chi connectivity index (χ2n) is 10.6. The topological polar surface area (TPSA) is 121 Å². The van der Waals surface area contributed by atoms with E-state index in [4.69, 9.17) is 4.74 Å². The number of carbonyl (C=O) groups excluding carboxylic acids is 2. The Balaban J connectivity index is 1.54. The molecule has 1 aliphatic carbocycles. The molecule has 41 heavy (non-hydrogen) atoms. The Kier molecular flexibility index (Phi) is 8.65. The van der Waals surface area contributed by atoms with Gasteiger partial charge in [0, 0.05) is 23.9 Å². The van der Waals surface area contributed by atoms with Crippen LogP contribution in [-0.4, -0.2) is 46.6 Å². The number of aromatic nitrogens is 1. The molecule has 0 saturated carbocycles. The Morgan fingerprint density at radius 2 is 1.90 bits per heavy atom. The van der Waals surface area contributed by atoms with Gasteiger partial charge in [0.15, 0.2) is 0 Å². The second-order valence-corrected chi connectivity index (χ2v) is 10.6. The number of carboxylic acid groups (broad SMARTS) is 1. The maximum absolute atomic E-state index is 13.6. The van der Waals surface area contributed by atoms with Gasteiger partial charge in [0.05, 0.1) is 18.2 Å². The van der Waals surface area contributed by atoms with Crippen molar-refractivity contribution in [2.75, 3.05) is 7.11 Å². The van der Waals surface area contributed by atoms with E-state index in [2.05, 4.69) is 15.6 Å². The molecule has 0 aliphatic heterocycles. The van der Waals surface area contributed by atoms with E-state index in [0.717, 1.165) is 11.6 Å². The summed E-state index contributed by atoms with van der Waals surface area (Å²) in [5.74, 6) is -1.93. The molecule has 0 saturated heterocycles. The summed E-state index contributed by atoms with van der Waals surface area (Å²) in [6.07, 6.45) is -3.60. The number of rotatable bonds is 10. The van der Waals surface area contributed by atoms with Crippen LogP contribution in [-0.2, 0) is 39.8 Å². The zero-order valence-electron chi connectivity index (χ0n) is 23.2. The molecule has 3 unspecified atom stereocenters. The molecule has 220 valence electrons. The molecule has 4 rings (SSSR count). The lowest BCUT2D eigenvalue weighted by molar-refractivity contribution is -0.149. The van der Waals surface area contributed by atoms with E-state index in [9.17, 15) is 32.7 Å². The third-order valence-corrected chi connectivity index (χ3v) is 7.97. The van der Waals surface area contributed by atoms with Crippen LogP contribution in [0, 0.1) is 5.92 Å². The predicted molar refractivity (Wildman–Crippen MR) is 147 cm³/mol. The van der Waals surface area contributed by atoms with Gasteiger partial charge in [0.25, 0.3) is 0 Å². The number of methoxy groups -OCH3 is 1. The highest BCUT2D eigenvalue weighted by Crippen LogP contribution is 2.40. The van der Waals surface area contributed by atoms with Gasteiger partial charge >= 0.3 is 12.1 Å². The number of aryl methyl sites for hydroxylation is 2. The molecule has 11 heteroatoms. The number of halogens is 3. The fourth-order valence-corrected chi connectivity index (χ4v) is 5.40. The van der Waals surface area contributed by atoms with E-state index < -0.39 is 35.2 Å². The van der Waals surface area contributed by atoms with Crippen molar-refractivity contribution in [3.05, 3.63) is 64.8 Å². The number of benzene rings is 2. The highest BCUT2D eigenvalue weighted by Gasteiger charge is 2.46. The number of fused-ring (bicyclic) bond motifs is 3. The predicted octanol–water partition coefficient (Wildman–Crippen LogP) is 4.79. The molecule has 1 aromatic heterocycles. The van der Waals surface area contributed by atoms with Crippen molar-refractivity contribution in [1.82, 2.24) is 15.6 Å². The molecule has 2 amide bonds. The summed E-state index contributed by atoms with van der Waals surface area (Å²) in [5, 5.41) is 16.0. The SMILES string of the molecule is CCC(C)C(NC(=O)CCc1cccc(OC)c1)C(=O)NC1(C(=O)O)CCc2[nH]c3c(C(F)(F)F)cccc3c2C1. The minimum Gasteiger partial charge on any atom is -0.497 e. The van der Waals surface area contributed by atoms with Crippen LogP contribution in [0.4, 0.5) is 13.2 Å². The van der Waals surface area contributed by atoms with E-state index >= 15 is 0 Å². The molecule has 0 spiro atoms. The van der Waals surface area contributed by atoms with Crippen LogP contribution >= 0.6 is 0 Å². The van der Waals surface area contributed by atoms with E-state index in [1.165, 1.54) is 12.1 Å². The highest BCUT2D eigenvalue weighted by molar-refractivity contribution is 5.94. The van der Waals surface area contributed by atoms with Crippen LogP contribution in [0.5, 0.6) is 5.75 Å². The molecule has 1 heterocycles. The minimum absolute atomic E-state index is 0.0216. The summed E-state index contributed by atoms with van der Waals surface area (Å²) < 4.78 is 46.0. The van der Waals surface area contributed by atoms with Crippen molar-refractivity contribution in [3.8, 4) is 5.75 Å². The van der Waals surface area contributed by atoms with Crippen molar-refractivity contribution >= 4 is 28.7 Å². The third-order valence-electron chi connectivity index (χ3n) is 7.97. The first kappa shape index (κ1) is 30.0. The Morgan fingerprint density at radius 3 is 2.56 bits per heavy atom. The molecule has 2 aromatic carbocycles. The molecular formula is C30H34F3N3O5. The van der Waals surface area contributed by atoms with Crippen molar-refractivity contribution in [2.45, 2.75) is 70.1 Å². The van der Waals surface area contributed by atoms with Gasteiger partial charge in [-0.3, -0.25) is 9.59 Å². The Labute approximate surface area is 235 Å². The van der Waals surface area contributed by atoms with E-state index in [-0.39, 0.29) is 48.4 Å². The molecule has 1 aliphatic rings. The average Bonchev–Trinajstić information content (AvgIpc) is 3.31. The zero-order valence-corrected chi connectivity index (χ0v) is 23.2. The van der Waals surface area contributed by atoms with Crippen LogP contribution < -0.4 is 15.4 Å². The summed E-state index contributed by atoms with van der Waals surface area (Å²) in [5.41, 5.74) is -0.833. The van der Waals surface area contributed by atoms with Gasteiger partial charge in [0.1, 0.15) is 17.3 Å². The van der Waals surface area contributed by atoms with E-state index in [1.807, 2.05) is 25.1 Å². The van der Waals surface area contributed by atoms with Crippen LogP contribution in [0.1, 0.15) is 55.5 Å². The summed E-state index contributed by atoms with van der Waals surface area (Å²) in [7, 11) is 1.55. The molecule has 8 nitrogen and oxygen atoms in total. The Bertz CT molecular complexity index is 1450. The summed E-state index contributed by atoms with van der Waals surface area (Å²) in [4.78, 5) is 41.9. The smallest absolute Gasteiger partial charge is 0.418 e. The molecule has 3 atom stereocenters. The first-order valence-electron chi connectivity index (χ1n) is 13.6. The van der Waals surface area contributed by atoms with Gasteiger partial charge in [-0.15, -0.1) is 0 Å². The number of ether oxygens (including phenoxy) is 1. The van der Waals surface area contributed by atoms with Gasteiger partial charge in [0.2, 0.25) is 11.8 Å². The maximum Gasteiger partial charge on any atom is 0.418 e. The quantitative estimate of drug-likeness (QED) is 0.278. The van der Waals surface area contributed by atoms with Gasteiger partial charge in [-0.1, -0.05) is 44.5 Å². The maximum atomic E-state index is 13.6. The van der Waals surface area contributed by atoms with E-state index in [0.29, 0.717) is 29.8 Å². The van der Waals surface area contributed by atoms with Crippen LogP contribution in [0.2, 0.25) is 0 Å². The lowest BCUT2D eigenvalue weighted by atomic mass is 9.79. The lowest BCUT2D eigenvalue weighted by Gasteiger charge is -2.36. The molecule has 0 radical (unpaired) electrons. The second kappa shape index (κ2) is 11.8. The number of aliphatic carboxylic acids is 1. The number of alkyl halides is 3. The molecule has 0 bridgehead atoms. The molecule has 4 N–H and O–H groups in total. The van der Waals surface area contributed by atoms with Crippen molar-refractivity contribution < 1.29 is 37.4 Å². The van der Waals surface area contributed by atoms with Crippen molar-refractivity contribution in [3.63, 3.8) is 0 Å². The number of amides is 2. The van der Waals surface area contributed by atoms with E-state index in [1.54, 1.807) is 20.1 Å². The highest BCUT2D eigenvalue weighted by atomic mass is 19.4. The van der Waals surface area contributed by atoms with Crippen molar-refractivity contribution in [2.24, 2.45) is 5.92 Å². The number of carbonyl (C=O) groups is 3. The van der Waals surface area contributed by atoms with Crippen LogP contribution in [0.25, 0.3) is 10.9 Å².